The van der Waals surface area contributed by atoms with Crippen molar-refractivity contribution in [3.8, 4) is 0 Å². The van der Waals surface area contributed by atoms with Crippen LogP contribution in [0.15, 0.2) is 29.5 Å². The fourth-order valence-electron chi connectivity index (χ4n) is 1.04. The van der Waals surface area contributed by atoms with E-state index in [4.69, 9.17) is 0 Å². The zero-order valence-corrected chi connectivity index (χ0v) is 8.11. The number of unbranched alkanes of at least 4 members (excludes halogenated alkanes) is 2. The maximum atomic E-state index is 4.33. The van der Waals surface area contributed by atoms with Crippen molar-refractivity contribution < 1.29 is 0 Å². The highest BCUT2D eigenvalue weighted by Crippen LogP contribution is 1.98. The average molecular weight is 176 g/mol. The van der Waals surface area contributed by atoms with Crippen molar-refractivity contribution in [3.05, 3.63) is 30.1 Å². The lowest BCUT2D eigenvalue weighted by Gasteiger charge is -1.93. The Kier molecular flexibility index (Phi) is 4.84. The van der Waals surface area contributed by atoms with Gasteiger partial charge in [0.05, 0.1) is 6.54 Å². The molecule has 0 aliphatic carbocycles. The first-order chi connectivity index (χ1) is 6.43. The molecule has 0 aliphatic rings. The molecule has 0 unspecified atom stereocenters. The van der Waals surface area contributed by atoms with Gasteiger partial charge in [-0.2, -0.15) is 0 Å². The lowest BCUT2D eigenvalue weighted by Crippen LogP contribution is -1.82. The van der Waals surface area contributed by atoms with Crippen molar-refractivity contribution in [1.29, 1.82) is 0 Å². The fraction of sp³-hybridized carbons (Fsp3) is 0.455. The molecule has 0 fully saturated rings. The zero-order chi connectivity index (χ0) is 9.36. The van der Waals surface area contributed by atoms with E-state index in [2.05, 4.69) is 16.9 Å². The van der Waals surface area contributed by atoms with Crippen LogP contribution in [0.3, 0.4) is 0 Å². The van der Waals surface area contributed by atoms with Crippen LogP contribution >= 0.6 is 0 Å². The predicted octanol–water partition coefficient (Wildman–Crippen LogP) is 2.84. The molecule has 70 valence electrons. The Balaban J connectivity index is 2.23. The van der Waals surface area contributed by atoms with E-state index < -0.39 is 0 Å². The number of nitrogens with zero attached hydrogens (tertiary/aromatic N) is 2. The van der Waals surface area contributed by atoms with Gasteiger partial charge in [-0.1, -0.05) is 13.3 Å². The van der Waals surface area contributed by atoms with Gasteiger partial charge in [-0.3, -0.25) is 9.98 Å². The maximum Gasteiger partial charge on any atom is 0.0636 e. The van der Waals surface area contributed by atoms with Gasteiger partial charge in [0.1, 0.15) is 0 Å². The minimum atomic E-state index is 0.784. The summed E-state index contributed by atoms with van der Waals surface area (Å²) in [6, 6.07) is 3.99. The maximum absolute atomic E-state index is 4.33. The van der Waals surface area contributed by atoms with E-state index in [1.807, 2.05) is 18.3 Å². The largest absolute Gasteiger partial charge is 0.293 e. The number of rotatable bonds is 5. The van der Waals surface area contributed by atoms with Crippen molar-refractivity contribution in [2.75, 3.05) is 0 Å². The summed E-state index contributed by atoms with van der Waals surface area (Å²) < 4.78 is 0. The molecule has 1 aromatic rings. The van der Waals surface area contributed by atoms with Crippen molar-refractivity contribution in [2.45, 2.75) is 32.7 Å². The van der Waals surface area contributed by atoms with Crippen LogP contribution in [0.2, 0.25) is 0 Å². The Morgan fingerprint density at radius 3 is 2.85 bits per heavy atom. The third kappa shape index (κ3) is 4.41. The van der Waals surface area contributed by atoms with Gasteiger partial charge < -0.3 is 0 Å². The summed E-state index contributed by atoms with van der Waals surface area (Å²) in [5, 5.41) is 0. The van der Waals surface area contributed by atoms with Crippen LogP contribution in [-0.4, -0.2) is 11.2 Å². The van der Waals surface area contributed by atoms with E-state index in [0.717, 1.165) is 13.0 Å². The molecule has 1 heterocycles. The van der Waals surface area contributed by atoms with Crippen LogP contribution in [-0.2, 0) is 6.54 Å². The van der Waals surface area contributed by atoms with Gasteiger partial charge in [-0.05, 0) is 36.8 Å². The van der Waals surface area contributed by atoms with Gasteiger partial charge in [-0.15, -0.1) is 0 Å². The molecule has 13 heavy (non-hydrogen) atoms. The molecule has 1 aromatic heterocycles. The molecule has 0 atom stereocenters. The van der Waals surface area contributed by atoms with Crippen molar-refractivity contribution in [3.63, 3.8) is 0 Å². The average Bonchev–Trinajstić information content (AvgIpc) is 2.19. The van der Waals surface area contributed by atoms with Crippen molar-refractivity contribution in [1.82, 2.24) is 4.98 Å². The first kappa shape index (κ1) is 9.90. The molecule has 2 heteroatoms. The summed E-state index contributed by atoms with van der Waals surface area (Å²) in [7, 11) is 0. The van der Waals surface area contributed by atoms with E-state index in [-0.39, 0.29) is 0 Å². The highest BCUT2D eigenvalue weighted by molar-refractivity contribution is 5.57. The van der Waals surface area contributed by atoms with Gasteiger partial charge in [-0.25, -0.2) is 0 Å². The summed E-state index contributed by atoms with van der Waals surface area (Å²) in [5.74, 6) is 0. The molecule has 0 aliphatic heterocycles. The topological polar surface area (TPSA) is 25.2 Å². The standard InChI is InChI=1S/C11H16N2/c1-2-3-4-7-13-10-11-5-8-12-9-6-11/h5-9H,2-4,10H2,1H3. The van der Waals surface area contributed by atoms with Crippen LogP contribution in [0.5, 0.6) is 0 Å². The summed E-state index contributed by atoms with van der Waals surface area (Å²) in [6.07, 6.45) is 9.19. The SMILES string of the molecule is CCCCC=NCc1ccncc1. The molecule has 0 bridgehead atoms. The molecular weight excluding hydrogens is 160 g/mol. The molecule has 0 N–H and O–H groups in total. The van der Waals surface area contributed by atoms with Gasteiger partial charge in [0.15, 0.2) is 0 Å². The highest BCUT2D eigenvalue weighted by atomic mass is 14.7. The summed E-state index contributed by atoms with van der Waals surface area (Å²) in [5.41, 5.74) is 1.22. The second kappa shape index (κ2) is 6.35. The van der Waals surface area contributed by atoms with E-state index in [1.54, 1.807) is 12.4 Å². The second-order valence-corrected chi connectivity index (χ2v) is 3.02. The van der Waals surface area contributed by atoms with Crippen molar-refractivity contribution >= 4 is 6.21 Å². The van der Waals surface area contributed by atoms with Crippen molar-refractivity contribution in [2.24, 2.45) is 4.99 Å². The molecule has 0 aromatic carbocycles. The molecule has 2 nitrogen and oxygen atoms in total. The first-order valence-corrected chi connectivity index (χ1v) is 4.80. The van der Waals surface area contributed by atoms with Gasteiger partial charge in [0.2, 0.25) is 0 Å². The van der Waals surface area contributed by atoms with Crippen LogP contribution in [0.25, 0.3) is 0 Å². The predicted molar refractivity (Wildman–Crippen MR) is 56.0 cm³/mol. The van der Waals surface area contributed by atoms with Gasteiger partial charge in [0, 0.05) is 12.4 Å². The second-order valence-electron chi connectivity index (χ2n) is 3.02. The van der Waals surface area contributed by atoms with Crippen LogP contribution in [0.1, 0.15) is 31.7 Å². The molecule has 0 saturated heterocycles. The molecule has 1 rings (SSSR count). The third-order valence-corrected chi connectivity index (χ3v) is 1.84. The smallest absolute Gasteiger partial charge is 0.0636 e. The molecular formula is C11H16N2. The summed E-state index contributed by atoms with van der Waals surface area (Å²) in [6.45, 7) is 2.98. The number of pyridine rings is 1. The highest BCUT2D eigenvalue weighted by Gasteiger charge is 1.86. The Hall–Kier alpha value is -1.18. The monoisotopic (exact) mass is 176 g/mol. The first-order valence-electron chi connectivity index (χ1n) is 4.80. The minimum absolute atomic E-state index is 0.784. The van der Waals surface area contributed by atoms with E-state index >= 15 is 0 Å². The van der Waals surface area contributed by atoms with E-state index in [9.17, 15) is 0 Å². The molecule has 0 radical (unpaired) electrons. The Morgan fingerprint density at radius 2 is 2.15 bits per heavy atom. The third-order valence-electron chi connectivity index (χ3n) is 1.84. The quantitative estimate of drug-likeness (QED) is 0.500. The lowest BCUT2D eigenvalue weighted by molar-refractivity contribution is 0.839. The molecule has 0 saturated carbocycles. The van der Waals surface area contributed by atoms with E-state index in [0.29, 0.717) is 0 Å². The van der Waals surface area contributed by atoms with Gasteiger partial charge in [0.25, 0.3) is 0 Å². The van der Waals surface area contributed by atoms with Gasteiger partial charge >= 0.3 is 0 Å². The number of hydrogen-bond acceptors (Lipinski definition) is 2. The summed E-state index contributed by atoms with van der Waals surface area (Å²) >= 11 is 0. The number of aliphatic imine (C=N–C) groups is 1. The number of aromatic nitrogens is 1. The number of hydrogen-bond donors (Lipinski definition) is 0. The summed E-state index contributed by atoms with van der Waals surface area (Å²) in [4.78, 5) is 8.28. The fourth-order valence-corrected chi connectivity index (χ4v) is 1.04. The lowest BCUT2D eigenvalue weighted by atomic mass is 10.2. The Morgan fingerprint density at radius 1 is 1.38 bits per heavy atom. The van der Waals surface area contributed by atoms with Crippen LogP contribution in [0.4, 0.5) is 0 Å². The Labute approximate surface area is 79.7 Å². The van der Waals surface area contributed by atoms with Crippen LogP contribution < -0.4 is 0 Å². The normalized spacial score (nSPS) is 10.8. The van der Waals surface area contributed by atoms with Crippen LogP contribution in [0, 0.1) is 0 Å². The molecule has 0 spiro atoms. The molecule has 0 amide bonds. The zero-order valence-electron chi connectivity index (χ0n) is 8.11. The van der Waals surface area contributed by atoms with E-state index in [1.165, 1.54) is 18.4 Å². The minimum Gasteiger partial charge on any atom is -0.293 e. The Bertz CT molecular complexity index is 242.